The number of hydrogen-bond acceptors (Lipinski definition) is 4. The monoisotopic (exact) mass is 215 g/mol. The number of hydrogen-bond donors (Lipinski definition) is 2. The maximum absolute atomic E-state index is 9.12. The third kappa shape index (κ3) is 2.91. The molecule has 4 heteroatoms. The molecule has 4 nitrogen and oxygen atoms in total. The molecule has 0 radical (unpaired) electrons. The van der Waals surface area contributed by atoms with E-state index in [1.807, 2.05) is 0 Å². The van der Waals surface area contributed by atoms with E-state index < -0.39 is 5.54 Å². The molecule has 2 rings (SSSR count). The van der Waals surface area contributed by atoms with Gasteiger partial charge in [-0.2, -0.15) is 0 Å². The second-order valence-electron chi connectivity index (χ2n) is 4.95. The maximum Gasteiger partial charge on any atom is 0.0612 e. The molecule has 0 aromatic carbocycles. The van der Waals surface area contributed by atoms with Gasteiger partial charge in [0.05, 0.1) is 25.9 Å². The van der Waals surface area contributed by atoms with Crippen LogP contribution in [0.3, 0.4) is 0 Å². The van der Waals surface area contributed by atoms with Crippen LogP contribution < -0.4 is 5.73 Å². The summed E-state index contributed by atoms with van der Waals surface area (Å²) in [4.78, 5) is 0. The number of ether oxygens (including phenoxy) is 2. The Bertz CT molecular complexity index is 206. The van der Waals surface area contributed by atoms with Gasteiger partial charge in [0.15, 0.2) is 0 Å². The van der Waals surface area contributed by atoms with Crippen molar-refractivity contribution in [3.8, 4) is 0 Å². The van der Waals surface area contributed by atoms with Gasteiger partial charge in [-0.25, -0.2) is 0 Å². The average molecular weight is 215 g/mol. The van der Waals surface area contributed by atoms with Gasteiger partial charge < -0.3 is 20.3 Å². The Kier molecular flexibility index (Phi) is 3.61. The Morgan fingerprint density at radius 1 is 1.47 bits per heavy atom. The molecular weight excluding hydrogens is 194 g/mol. The minimum absolute atomic E-state index is 0.0688. The molecule has 15 heavy (non-hydrogen) atoms. The minimum Gasteiger partial charge on any atom is -0.394 e. The highest BCUT2D eigenvalue weighted by molar-refractivity contribution is 4.93. The van der Waals surface area contributed by atoms with Gasteiger partial charge >= 0.3 is 0 Å². The largest absolute Gasteiger partial charge is 0.394 e. The van der Waals surface area contributed by atoms with Crippen LogP contribution in [0.15, 0.2) is 0 Å². The summed E-state index contributed by atoms with van der Waals surface area (Å²) in [5.74, 6) is 0.562. The molecule has 88 valence electrons. The standard InChI is InChI=1S/C11H21NO3/c12-11(8-13)3-1-10(5-11)15-7-9-2-4-14-6-9/h9-10,13H,1-8,12H2. The average Bonchev–Trinajstić information content (AvgIpc) is 2.85. The van der Waals surface area contributed by atoms with E-state index in [0.717, 1.165) is 45.5 Å². The summed E-state index contributed by atoms with van der Waals surface area (Å²) >= 11 is 0. The Morgan fingerprint density at radius 2 is 2.33 bits per heavy atom. The number of aliphatic hydroxyl groups excluding tert-OH is 1. The summed E-state index contributed by atoms with van der Waals surface area (Å²) < 4.78 is 11.1. The number of rotatable bonds is 4. The zero-order valence-corrected chi connectivity index (χ0v) is 9.15. The number of aliphatic hydroxyl groups is 1. The fourth-order valence-electron chi connectivity index (χ4n) is 2.38. The second-order valence-corrected chi connectivity index (χ2v) is 4.95. The van der Waals surface area contributed by atoms with Crippen LogP contribution in [0.25, 0.3) is 0 Å². The van der Waals surface area contributed by atoms with E-state index in [1.54, 1.807) is 0 Å². The summed E-state index contributed by atoms with van der Waals surface area (Å²) in [5, 5.41) is 9.12. The summed E-state index contributed by atoms with van der Waals surface area (Å²) in [5.41, 5.74) is 5.59. The molecule has 0 amide bonds. The summed E-state index contributed by atoms with van der Waals surface area (Å²) in [7, 11) is 0. The topological polar surface area (TPSA) is 64.7 Å². The third-order valence-corrected chi connectivity index (χ3v) is 3.50. The lowest BCUT2D eigenvalue weighted by molar-refractivity contribution is 0.0248. The zero-order chi connectivity index (χ0) is 10.7. The first kappa shape index (κ1) is 11.3. The first-order chi connectivity index (χ1) is 7.22. The van der Waals surface area contributed by atoms with Gasteiger partial charge in [0.25, 0.3) is 0 Å². The van der Waals surface area contributed by atoms with Gasteiger partial charge in [0.2, 0.25) is 0 Å². The van der Waals surface area contributed by atoms with Crippen molar-refractivity contribution in [2.24, 2.45) is 11.7 Å². The minimum atomic E-state index is -0.392. The maximum atomic E-state index is 9.12. The fraction of sp³-hybridized carbons (Fsp3) is 1.00. The van der Waals surface area contributed by atoms with Gasteiger partial charge in [0.1, 0.15) is 0 Å². The highest BCUT2D eigenvalue weighted by atomic mass is 16.5. The van der Waals surface area contributed by atoms with Crippen LogP contribution in [0.1, 0.15) is 25.7 Å². The first-order valence-electron chi connectivity index (χ1n) is 5.81. The van der Waals surface area contributed by atoms with Crippen molar-refractivity contribution in [1.82, 2.24) is 0 Å². The van der Waals surface area contributed by atoms with E-state index in [2.05, 4.69) is 0 Å². The highest BCUT2D eigenvalue weighted by Crippen LogP contribution is 2.30. The lowest BCUT2D eigenvalue weighted by Gasteiger charge is -2.21. The van der Waals surface area contributed by atoms with E-state index in [-0.39, 0.29) is 12.7 Å². The van der Waals surface area contributed by atoms with E-state index in [0.29, 0.717) is 5.92 Å². The van der Waals surface area contributed by atoms with E-state index >= 15 is 0 Å². The predicted octanol–water partition coefficient (Wildman–Crippen LogP) is 0.282. The SMILES string of the molecule is NC1(CO)CCC(OCC2CCOC2)C1. The molecule has 1 saturated heterocycles. The molecule has 2 fully saturated rings. The van der Waals surface area contributed by atoms with Crippen molar-refractivity contribution < 1.29 is 14.6 Å². The van der Waals surface area contributed by atoms with Crippen LogP contribution in [0, 0.1) is 5.92 Å². The van der Waals surface area contributed by atoms with Crippen molar-refractivity contribution in [2.75, 3.05) is 26.4 Å². The fourth-order valence-corrected chi connectivity index (χ4v) is 2.38. The summed E-state index contributed by atoms with van der Waals surface area (Å²) in [6.07, 6.45) is 3.99. The molecule has 2 aliphatic rings. The van der Waals surface area contributed by atoms with E-state index in [9.17, 15) is 0 Å². The van der Waals surface area contributed by atoms with Gasteiger partial charge in [-0.05, 0) is 25.7 Å². The molecule has 3 atom stereocenters. The normalized spacial score (nSPS) is 41.2. The van der Waals surface area contributed by atoms with E-state index in [1.165, 1.54) is 0 Å². The quantitative estimate of drug-likeness (QED) is 0.707. The van der Waals surface area contributed by atoms with Crippen LogP contribution in [-0.4, -0.2) is 43.2 Å². The van der Waals surface area contributed by atoms with Crippen molar-refractivity contribution >= 4 is 0 Å². The highest BCUT2D eigenvalue weighted by Gasteiger charge is 2.36. The molecule has 1 aliphatic carbocycles. The van der Waals surface area contributed by atoms with Crippen LogP contribution in [0.2, 0.25) is 0 Å². The Morgan fingerprint density at radius 3 is 2.93 bits per heavy atom. The van der Waals surface area contributed by atoms with Crippen LogP contribution in [0.4, 0.5) is 0 Å². The molecule has 1 aliphatic heterocycles. The van der Waals surface area contributed by atoms with Crippen molar-refractivity contribution in [1.29, 1.82) is 0 Å². The van der Waals surface area contributed by atoms with E-state index in [4.69, 9.17) is 20.3 Å². The molecule has 0 spiro atoms. The van der Waals surface area contributed by atoms with Gasteiger partial charge in [-0.15, -0.1) is 0 Å². The lowest BCUT2D eigenvalue weighted by atomic mass is 10.0. The third-order valence-electron chi connectivity index (χ3n) is 3.50. The summed E-state index contributed by atoms with van der Waals surface area (Å²) in [6.45, 7) is 2.56. The first-order valence-corrected chi connectivity index (χ1v) is 5.81. The Labute approximate surface area is 90.7 Å². The molecule has 3 N–H and O–H groups in total. The van der Waals surface area contributed by atoms with Crippen molar-refractivity contribution in [3.63, 3.8) is 0 Å². The van der Waals surface area contributed by atoms with Gasteiger partial charge in [0, 0.05) is 18.1 Å². The summed E-state index contributed by atoms with van der Waals surface area (Å²) in [6, 6.07) is 0. The molecule has 1 saturated carbocycles. The zero-order valence-electron chi connectivity index (χ0n) is 9.15. The molecule has 0 aromatic rings. The predicted molar refractivity (Wildman–Crippen MR) is 56.5 cm³/mol. The van der Waals surface area contributed by atoms with Crippen molar-refractivity contribution in [3.05, 3.63) is 0 Å². The lowest BCUT2D eigenvalue weighted by Crippen LogP contribution is -2.41. The molecule has 1 heterocycles. The van der Waals surface area contributed by atoms with Crippen LogP contribution >= 0.6 is 0 Å². The Hall–Kier alpha value is -0.160. The van der Waals surface area contributed by atoms with Gasteiger partial charge in [-0.3, -0.25) is 0 Å². The Balaban J connectivity index is 1.68. The van der Waals surface area contributed by atoms with Gasteiger partial charge in [-0.1, -0.05) is 0 Å². The molecule has 3 unspecified atom stereocenters. The van der Waals surface area contributed by atoms with Crippen molar-refractivity contribution in [2.45, 2.75) is 37.3 Å². The molecule has 0 bridgehead atoms. The van der Waals surface area contributed by atoms with Crippen LogP contribution in [0.5, 0.6) is 0 Å². The smallest absolute Gasteiger partial charge is 0.0612 e. The molecular formula is C11H21NO3. The number of nitrogens with two attached hydrogens (primary N) is 1. The molecule has 0 aromatic heterocycles. The second kappa shape index (κ2) is 4.78. The van der Waals surface area contributed by atoms with Crippen LogP contribution in [-0.2, 0) is 9.47 Å².